The van der Waals surface area contributed by atoms with Crippen molar-refractivity contribution in [3.05, 3.63) is 40.6 Å². The summed E-state index contributed by atoms with van der Waals surface area (Å²) in [6.07, 6.45) is 0.737. The average molecular weight is 327 g/mol. The Morgan fingerprint density at radius 1 is 1.33 bits per heavy atom. The molecule has 0 saturated heterocycles. The van der Waals surface area contributed by atoms with Gasteiger partial charge in [-0.25, -0.2) is 14.1 Å². The molecule has 1 aromatic carbocycles. The number of alkyl halides is 1. The third-order valence-electron chi connectivity index (χ3n) is 3.39. The Kier molecular flexibility index (Phi) is 3.63. The number of para-hydroxylation sites is 1. The molecule has 7 heteroatoms. The molecule has 0 spiro atoms. The van der Waals surface area contributed by atoms with Crippen LogP contribution in [0.2, 0.25) is 5.02 Å². The summed E-state index contributed by atoms with van der Waals surface area (Å²) in [4.78, 5) is 4.50. The zero-order chi connectivity index (χ0) is 15.1. The largest absolute Gasteiger partial charge is 0.275 e. The molecule has 0 N–H and O–H groups in total. The highest BCUT2D eigenvalue weighted by Crippen LogP contribution is 2.30. The first-order valence-electron chi connectivity index (χ1n) is 6.52. The highest BCUT2D eigenvalue weighted by atomic mass is 35.5. The van der Waals surface area contributed by atoms with E-state index >= 15 is 0 Å². The summed E-state index contributed by atoms with van der Waals surface area (Å²) in [5, 5.41) is 4.72. The maximum absolute atomic E-state index is 14.3. The van der Waals surface area contributed by atoms with E-state index in [2.05, 4.69) is 10.1 Å². The number of benzene rings is 1. The predicted molar refractivity (Wildman–Crippen MR) is 81.7 cm³/mol. The summed E-state index contributed by atoms with van der Waals surface area (Å²) in [6, 6.07) is 4.57. The van der Waals surface area contributed by atoms with Gasteiger partial charge in [0, 0.05) is 7.05 Å². The number of rotatable bonds is 3. The van der Waals surface area contributed by atoms with E-state index in [1.165, 1.54) is 6.07 Å². The minimum atomic E-state index is -0.424. The van der Waals surface area contributed by atoms with E-state index in [4.69, 9.17) is 23.2 Å². The fourth-order valence-corrected chi connectivity index (χ4v) is 2.92. The van der Waals surface area contributed by atoms with Crippen LogP contribution in [0.3, 0.4) is 0 Å². The van der Waals surface area contributed by atoms with Gasteiger partial charge in [-0.15, -0.1) is 11.6 Å². The molecule has 0 fully saturated rings. The smallest absolute Gasteiger partial charge is 0.163 e. The molecule has 0 radical (unpaired) electrons. The topological polar surface area (TPSA) is 35.6 Å². The van der Waals surface area contributed by atoms with Crippen LogP contribution in [0, 0.1) is 5.82 Å². The van der Waals surface area contributed by atoms with Crippen LogP contribution in [-0.2, 0) is 19.3 Å². The van der Waals surface area contributed by atoms with Crippen LogP contribution in [0.1, 0.15) is 18.4 Å². The van der Waals surface area contributed by atoms with Gasteiger partial charge in [0.1, 0.15) is 22.8 Å². The van der Waals surface area contributed by atoms with Gasteiger partial charge < -0.3 is 0 Å². The second kappa shape index (κ2) is 5.31. The molecule has 0 bridgehead atoms. The number of hydrogen-bond acceptors (Lipinski definition) is 2. The van der Waals surface area contributed by atoms with E-state index in [0.29, 0.717) is 16.5 Å². The fraction of sp³-hybridized carbons (Fsp3) is 0.286. The third-order valence-corrected chi connectivity index (χ3v) is 3.93. The van der Waals surface area contributed by atoms with Crippen molar-refractivity contribution in [2.45, 2.75) is 19.2 Å². The van der Waals surface area contributed by atoms with Crippen LogP contribution in [0.5, 0.6) is 0 Å². The Morgan fingerprint density at radius 3 is 2.71 bits per heavy atom. The van der Waals surface area contributed by atoms with Crippen molar-refractivity contribution in [2.75, 3.05) is 0 Å². The summed E-state index contributed by atoms with van der Waals surface area (Å²) in [6.45, 7) is 2.00. The second-order valence-corrected chi connectivity index (χ2v) is 5.34. The Bertz CT molecular complexity index is 802. The zero-order valence-corrected chi connectivity index (χ0v) is 13.1. The molecule has 110 valence electrons. The number of aryl methyl sites for hydroxylation is 2. The normalized spacial score (nSPS) is 11.5. The molecule has 0 unspecified atom stereocenters. The maximum Gasteiger partial charge on any atom is 0.163 e. The van der Waals surface area contributed by atoms with Crippen LogP contribution in [0.4, 0.5) is 4.39 Å². The van der Waals surface area contributed by atoms with Gasteiger partial charge in [0.15, 0.2) is 5.65 Å². The molecule has 2 heterocycles. The lowest BCUT2D eigenvalue weighted by molar-refractivity contribution is 0.615. The van der Waals surface area contributed by atoms with Gasteiger partial charge in [-0.2, -0.15) is 5.10 Å². The number of aromatic nitrogens is 4. The van der Waals surface area contributed by atoms with E-state index in [-0.39, 0.29) is 11.6 Å². The third kappa shape index (κ3) is 2.12. The minimum absolute atomic E-state index is 0.155. The molecule has 0 saturated carbocycles. The van der Waals surface area contributed by atoms with Crippen LogP contribution in [0.15, 0.2) is 18.2 Å². The first-order chi connectivity index (χ1) is 10.1. The highest BCUT2D eigenvalue weighted by molar-refractivity contribution is 6.32. The number of fused-ring (bicyclic) bond motifs is 1. The number of halogens is 3. The van der Waals surface area contributed by atoms with Crippen molar-refractivity contribution in [1.29, 1.82) is 0 Å². The molecule has 0 aliphatic rings. The van der Waals surface area contributed by atoms with Gasteiger partial charge in [0.05, 0.1) is 16.6 Å². The molecule has 4 nitrogen and oxygen atoms in total. The van der Waals surface area contributed by atoms with Crippen LogP contribution in [0.25, 0.3) is 16.9 Å². The van der Waals surface area contributed by atoms with Gasteiger partial charge in [0.25, 0.3) is 0 Å². The van der Waals surface area contributed by atoms with Crippen molar-refractivity contribution in [3.8, 4) is 5.69 Å². The fourth-order valence-electron chi connectivity index (χ4n) is 2.49. The minimum Gasteiger partial charge on any atom is -0.275 e. The lowest BCUT2D eigenvalue weighted by Crippen LogP contribution is -2.07. The molecular formula is C14H13Cl2FN4. The quantitative estimate of drug-likeness (QED) is 0.685. The van der Waals surface area contributed by atoms with Crippen LogP contribution >= 0.6 is 23.2 Å². The maximum atomic E-state index is 14.3. The molecule has 3 aromatic rings. The van der Waals surface area contributed by atoms with E-state index < -0.39 is 5.82 Å². The standard InChI is InChI=1S/C14H13Cl2FN4/c1-3-10-12-14(20(2)19-10)21(11(7-15)18-12)13-8(16)5-4-6-9(13)17/h4-6H,3,7H2,1-2H3. The first kappa shape index (κ1) is 14.4. The molecule has 3 rings (SSSR count). The van der Waals surface area contributed by atoms with Crippen LogP contribution in [-0.4, -0.2) is 19.3 Å². The lowest BCUT2D eigenvalue weighted by atomic mass is 10.3. The SMILES string of the molecule is CCc1nn(C)c2c1nc(CCl)n2-c1c(F)cccc1Cl. The van der Waals surface area contributed by atoms with Crippen molar-refractivity contribution in [1.82, 2.24) is 19.3 Å². The van der Waals surface area contributed by atoms with Crippen molar-refractivity contribution in [2.24, 2.45) is 7.05 Å². The first-order valence-corrected chi connectivity index (χ1v) is 7.43. The Hall–Kier alpha value is -1.59. The van der Waals surface area contributed by atoms with Gasteiger partial charge in [-0.05, 0) is 18.6 Å². The molecule has 2 aromatic heterocycles. The number of imidazole rings is 1. The summed E-state index contributed by atoms with van der Waals surface area (Å²) >= 11 is 12.2. The Morgan fingerprint density at radius 2 is 2.10 bits per heavy atom. The molecule has 0 aliphatic carbocycles. The molecule has 21 heavy (non-hydrogen) atoms. The van der Waals surface area contributed by atoms with Gasteiger partial charge in [-0.3, -0.25) is 4.57 Å². The van der Waals surface area contributed by atoms with E-state index in [1.807, 2.05) is 6.92 Å². The van der Waals surface area contributed by atoms with Gasteiger partial charge >= 0.3 is 0 Å². The van der Waals surface area contributed by atoms with Gasteiger partial charge in [-0.1, -0.05) is 24.6 Å². The molecular weight excluding hydrogens is 314 g/mol. The number of hydrogen-bond donors (Lipinski definition) is 0. The summed E-state index contributed by atoms with van der Waals surface area (Å²) < 4.78 is 17.6. The predicted octanol–water partition coefficient (Wildman–Crippen LogP) is 3.85. The summed E-state index contributed by atoms with van der Waals surface area (Å²) in [7, 11) is 1.80. The average Bonchev–Trinajstić information content (AvgIpc) is 2.97. The van der Waals surface area contributed by atoms with Crippen molar-refractivity contribution in [3.63, 3.8) is 0 Å². The molecule has 0 amide bonds. The number of nitrogens with zero attached hydrogens (tertiary/aromatic N) is 4. The molecule has 0 atom stereocenters. The second-order valence-electron chi connectivity index (χ2n) is 4.66. The van der Waals surface area contributed by atoms with Crippen molar-refractivity contribution < 1.29 is 4.39 Å². The van der Waals surface area contributed by atoms with E-state index in [9.17, 15) is 4.39 Å². The van der Waals surface area contributed by atoms with E-state index in [0.717, 1.165) is 17.6 Å². The van der Waals surface area contributed by atoms with Crippen LogP contribution < -0.4 is 0 Å². The van der Waals surface area contributed by atoms with Gasteiger partial charge in [0.2, 0.25) is 0 Å². The summed E-state index contributed by atoms with van der Waals surface area (Å²) in [5.41, 5.74) is 2.53. The summed E-state index contributed by atoms with van der Waals surface area (Å²) in [5.74, 6) is 0.274. The highest BCUT2D eigenvalue weighted by Gasteiger charge is 2.22. The monoisotopic (exact) mass is 326 g/mol. The van der Waals surface area contributed by atoms with Crippen molar-refractivity contribution >= 4 is 34.4 Å². The van der Waals surface area contributed by atoms with E-state index in [1.54, 1.807) is 28.4 Å². The lowest BCUT2D eigenvalue weighted by Gasteiger charge is -2.11. The Labute approximate surface area is 131 Å². The molecule has 0 aliphatic heterocycles. The zero-order valence-electron chi connectivity index (χ0n) is 11.6. The Balaban J connectivity index is 2.44.